The third kappa shape index (κ3) is 8.09. The lowest BCUT2D eigenvalue weighted by atomic mass is 9.99. The van der Waals surface area contributed by atoms with Gasteiger partial charge in [-0.05, 0) is 63.8 Å². The predicted octanol–water partition coefficient (Wildman–Crippen LogP) is 6.70. The second kappa shape index (κ2) is 12.6. The summed E-state index contributed by atoms with van der Waals surface area (Å²) in [5.41, 5.74) is -1.09. The Bertz CT molecular complexity index is 1200. The van der Waals surface area contributed by atoms with E-state index in [1.54, 1.807) is 25.7 Å². The maximum Gasteiger partial charge on any atom is 0.416 e. The molecule has 1 atom stereocenters. The van der Waals surface area contributed by atoms with E-state index < -0.39 is 40.3 Å². The van der Waals surface area contributed by atoms with E-state index in [9.17, 15) is 32.9 Å². The van der Waals surface area contributed by atoms with Crippen LogP contribution in [0.5, 0.6) is 0 Å². The van der Waals surface area contributed by atoms with E-state index in [2.05, 4.69) is 10.6 Å². The number of likely N-dealkylation sites (tertiary alicyclic amines) is 1. The van der Waals surface area contributed by atoms with E-state index in [0.29, 0.717) is 44.3 Å². The van der Waals surface area contributed by atoms with Crippen molar-refractivity contribution < 1.29 is 32.4 Å². The first kappa shape index (κ1) is 30.7. The number of ether oxygens (including phenoxy) is 1. The molecule has 2 aromatic carbocycles. The molecule has 0 aliphatic carbocycles. The number of benzene rings is 2. The molecule has 40 heavy (non-hydrogen) atoms. The van der Waals surface area contributed by atoms with Crippen molar-refractivity contribution in [3.63, 3.8) is 0 Å². The number of carbonyl (C=O) groups excluding carboxylic acids is 2. The first-order valence-electron chi connectivity index (χ1n) is 13.2. The topological polar surface area (TPSA) is 114 Å². The number of nitrogens with one attached hydrogen (secondary N) is 2. The van der Waals surface area contributed by atoms with Crippen LogP contribution in [-0.2, 0) is 10.9 Å². The Kier molecular flexibility index (Phi) is 9.65. The summed E-state index contributed by atoms with van der Waals surface area (Å²) in [4.78, 5) is 38.7. The molecule has 2 N–H and O–H groups in total. The van der Waals surface area contributed by atoms with Crippen LogP contribution in [0.25, 0.3) is 0 Å². The molecule has 2 aromatic rings. The molecule has 0 unspecified atom stereocenters. The molecule has 3 rings (SSSR count). The molecule has 9 nitrogen and oxygen atoms in total. The maximum absolute atomic E-state index is 13.4. The molecule has 1 aliphatic heterocycles. The van der Waals surface area contributed by atoms with Gasteiger partial charge in [-0.1, -0.05) is 31.5 Å². The molecule has 2 amide bonds. The highest BCUT2D eigenvalue weighted by Gasteiger charge is 2.32. The lowest BCUT2D eigenvalue weighted by Crippen LogP contribution is -2.44. The van der Waals surface area contributed by atoms with Crippen LogP contribution in [0.1, 0.15) is 80.9 Å². The van der Waals surface area contributed by atoms with E-state index in [1.165, 1.54) is 30.3 Å². The van der Waals surface area contributed by atoms with Crippen molar-refractivity contribution >= 4 is 23.4 Å². The lowest BCUT2D eigenvalue weighted by molar-refractivity contribution is -0.384. The van der Waals surface area contributed by atoms with Crippen LogP contribution in [0.4, 0.5) is 29.3 Å². The Morgan fingerprint density at radius 2 is 1.73 bits per heavy atom. The standard InChI is InChI=1S/C28H35F3N4O5/c1-5-7-22(18-10-12-19(13-11-18)28(29,30)31)33-25(36)21-8-6-9-23(35(38)39)24(21)32-20-14-16-34(17-15-20)26(37)40-27(2,3)4/h6,8-13,20,22,32H,5,7,14-17H2,1-4H3,(H,33,36)/t22-/m0/s1. The summed E-state index contributed by atoms with van der Waals surface area (Å²) >= 11 is 0. The Morgan fingerprint density at radius 3 is 2.25 bits per heavy atom. The van der Waals surface area contributed by atoms with Gasteiger partial charge in [0.2, 0.25) is 0 Å². The number of amides is 2. The molecule has 1 aliphatic rings. The molecule has 0 bridgehead atoms. The zero-order chi connectivity index (χ0) is 29.7. The summed E-state index contributed by atoms with van der Waals surface area (Å²) in [6, 6.07) is 7.93. The molecule has 1 heterocycles. The lowest BCUT2D eigenvalue weighted by Gasteiger charge is -2.34. The van der Waals surface area contributed by atoms with Crippen molar-refractivity contribution in [3.05, 3.63) is 69.3 Å². The van der Waals surface area contributed by atoms with Crippen LogP contribution in [0.3, 0.4) is 0 Å². The van der Waals surface area contributed by atoms with Crippen LogP contribution in [0.2, 0.25) is 0 Å². The fraction of sp³-hybridized carbons (Fsp3) is 0.500. The summed E-state index contributed by atoms with van der Waals surface area (Å²) in [5, 5.41) is 17.8. The van der Waals surface area contributed by atoms with E-state index in [-0.39, 0.29) is 23.0 Å². The van der Waals surface area contributed by atoms with Gasteiger partial charge < -0.3 is 20.3 Å². The number of nitrogens with zero attached hydrogens (tertiary/aromatic N) is 2. The van der Waals surface area contributed by atoms with Crippen molar-refractivity contribution in [2.75, 3.05) is 18.4 Å². The zero-order valence-electron chi connectivity index (χ0n) is 23.0. The van der Waals surface area contributed by atoms with Crippen LogP contribution >= 0.6 is 0 Å². The molecule has 1 fully saturated rings. The van der Waals surface area contributed by atoms with E-state index in [1.807, 2.05) is 6.92 Å². The number of piperidine rings is 1. The van der Waals surface area contributed by atoms with Crippen molar-refractivity contribution in [1.82, 2.24) is 10.2 Å². The Morgan fingerprint density at radius 1 is 1.10 bits per heavy atom. The molecule has 12 heteroatoms. The number of anilines is 1. The molecule has 0 aromatic heterocycles. The van der Waals surface area contributed by atoms with Crippen molar-refractivity contribution in [3.8, 4) is 0 Å². The minimum atomic E-state index is -4.48. The summed E-state index contributed by atoms with van der Waals surface area (Å²) < 4.78 is 44.4. The average molecular weight is 565 g/mol. The van der Waals surface area contributed by atoms with Crippen LogP contribution in [0.15, 0.2) is 42.5 Å². The molecular formula is C28H35F3N4O5. The number of hydrogen-bond donors (Lipinski definition) is 2. The molecular weight excluding hydrogens is 529 g/mol. The number of nitro groups is 1. The largest absolute Gasteiger partial charge is 0.444 e. The highest BCUT2D eigenvalue weighted by Crippen LogP contribution is 2.33. The normalized spacial score (nSPS) is 15.3. The maximum atomic E-state index is 13.4. The van der Waals surface area contributed by atoms with Crippen molar-refractivity contribution in [1.29, 1.82) is 0 Å². The smallest absolute Gasteiger partial charge is 0.416 e. The molecule has 0 radical (unpaired) electrons. The first-order chi connectivity index (χ1) is 18.7. The average Bonchev–Trinajstić information content (AvgIpc) is 2.87. The third-order valence-corrected chi connectivity index (χ3v) is 6.50. The molecule has 1 saturated heterocycles. The van der Waals surface area contributed by atoms with Gasteiger partial charge in [-0.15, -0.1) is 0 Å². The van der Waals surface area contributed by atoms with E-state index in [4.69, 9.17) is 4.74 Å². The highest BCUT2D eigenvalue weighted by atomic mass is 19.4. The fourth-order valence-corrected chi connectivity index (χ4v) is 4.52. The predicted molar refractivity (Wildman–Crippen MR) is 144 cm³/mol. The van der Waals surface area contributed by atoms with E-state index >= 15 is 0 Å². The summed E-state index contributed by atoms with van der Waals surface area (Å²) in [7, 11) is 0. The summed E-state index contributed by atoms with van der Waals surface area (Å²) in [5.74, 6) is -0.587. The third-order valence-electron chi connectivity index (χ3n) is 6.50. The quantitative estimate of drug-likeness (QED) is 0.273. The number of para-hydroxylation sites is 1. The van der Waals surface area contributed by atoms with Gasteiger partial charge in [-0.2, -0.15) is 13.2 Å². The first-order valence-corrected chi connectivity index (χ1v) is 13.2. The number of rotatable bonds is 8. The van der Waals surface area contributed by atoms with Gasteiger partial charge >= 0.3 is 12.3 Å². The van der Waals surface area contributed by atoms with Crippen LogP contribution in [0, 0.1) is 10.1 Å². The fourth-order valence-electron chi connectivity index (χ4n) is 4.52. The van der Waals surface area contributed by atoms with Gasteiger partial charge in [0.05, 0.1) is 22.1 Å². The number of hydrogen-bond acceptors (Lipinski definition) is 6. The van der Waals surface area contributed by atoms with Gasteiger partial charge in [-0.3, -0.25) is 14.9 Å². The second-order valence-electron chi connectivity index (χ2n) is 10.8. The molecule has 218 valence electrons. The minimum absolute atomic E-state index is 0.0526. The Balaban J connectivity index is 1.79. The van der Waals surface area contributed by atoms with E-state index in [0.717, 1.165) is 12.1 Å². The number of halogens is 3. The monoisotopic (exact) mass is 564 g/mol. The van der Waals surface area contributed by atoms with Crippen LogP contribution in [-0.4, -0.2) is 46.6 Å². The van der Waals surface area contributed by atoms with Gasteiger partial charge in [-0.25, -0.2) is 4.79 Å². The molecule has 0 saturated carbocycles. The summed E-state index contributed by atoms with van der Waals surface area (Å²) in [6.45, 7) is 7.98. The SMILES string of the molecule is CCC[C@H](NC(=O)c1cccc([N+](=O)[O-])c1NC1CCN(C(=O)OC(C)(C)C)CC1)c1ccc(C(F)(F)F)cc1. The Labute approximate surface area is 231 Å². The van der Waals surface area contributed by atoms with Gasteiger partial charge in [0.25, 0.3) is 11.6 Å². The zero-order valence-corrected chi connectivity index (χ0v) is 23.0. The second-order valence-corrected chi connectivity index (χ2v) is 10.8. The summed E-state index contributed by atoms with van der Waals surface area (Å²) in [6.07, 6.45) is -2.84. The van der Waals surface area contributed by atoms with Crippen LogP contribution < -0.4 is 10.6 Å². The number of carbonyl (C=O) groups is 2. The van der Waals surface area contributed by atoms with Gasteiger partial charge in [0, 0.05) is 25.2 Å². The van der Waals surface area contributed by atoms with Gasteiger partial charge in [0.1, 0.15) is 11.3 Å². The number of alkyl halides is 3. The van der Waals surface area contributed by atoms with Gasteiger partial charge in [0.15, 0.2) is 0 Å². The van der Waals surface area contributed by atoms with Crippen molar-refractivity contribution in [2.45, 2.75) is 77.2 Å². The van der Waals surface area contributed by atoms with Crippen molar-refractivity contribution in [2.24, 2.45) is 0 Å². The molecule has 0 spiro atoms. The number of nitro benzene ring substituents is 1. The minimum Gasteiger partial charge on any atom is -0.444 e. The Hall–Kier alpha value is -3.83. The highest BCUT2D eigenvalue weighted by molar-refractivity contribution is 6.02.